The molecule has 0 radical (unpaired) electrons. The Morgan fingerprint density at radius 2 is 1.62 bits per heavy atom. The van der Waals surface area contributed by atoms with Gasteiger partial charge in [0.15, 0.2) is 10.9 Å². The summed E-state index contributed by atoms with van der Waals surface area (Å²) in [6.45, 7) is 3.34. The minimum atomic E-state index is -1.47. The van der Waals surface area contributed by atoms with E-state index in [2.05, 4.69) is 4.98 Å². The molecule has 0 bridgehead atoms. The normalized spacial score (nSPS) is 17.8. The Morgan fingerprint density at radius 3 is 2.21 bits per heavy atom. The molecule has 10 heteroatoms. The number of esters is 1. The number of aromatic nitrogens is 1. The number of hydrogen-bond acceptors (Lipinski definition) is 7. The van der Waals surface area contributed by atoms with E-state index >= 15 is 0 Å². The second-order valence-electron chi connectivity index (χ2n) is 7.52. The van der Waals surface area contributed by atoms with Crippen LogP contribution >= 0.6 is 11.3 Å². The summed E-state index contributed by atoms with van der Waals surface area (Å²) in [7, 11) is 0. The van der Waals surface area contributed by atoms with Gasteiger partial charge in [-0.2, -0.15) is 0 Å². The number of Topliss-reactive ketones (excluding diaryl/α,β-unsaturated/α-hetero) is 2. The molecule has 1 aliphatic rings. The Kier molecular flexibility index (Phi) is 6.34. The number of halogens is 2. The fourth-order valence-corrected chi connectivity index (χ4v) is 4.80. The van der Waals surface area contributed by atoms with Crippen LogP contribution in [0.1, 0.15) is 44.3 Å². The van der Waals surface area contributed by atoms with Crippen molar-refractivity contribution in [2.24, 2.45) is 5.92 Å². The van der Waals surface area contributed by atoms with Crippen LogP contribution in [0.4, 0.5) is 13.9 Å². The highest BCUT2D eigenvalue weighted by molar-refractivity contribution is 7.17. The molecule has 1 saturated heterocycles. The Hall–Kier alpha value is -3.79. The van der Waals surface area contributed by atoms with E-state index < -0.39 is 47.0 Å². The van der Waals surface area contributed by atoms with Gasteiger partial charge >= 0.3 is 5.97 Å². The maximum atomic E-state index is 13.6. The number of thiazole rings is 1. The van der Waals surface area contributed by atoms with E-state index in [1.165, 1.54) is 24.3 Å². The number of hydrogen-bond donors (Lipinski definition) is 0. The molecular formula is C24H18F2N2O5S. The number of aryl methyl sites for hydroxylation is 1. The van der Waals surface area contributed by atoms with Gasteiger partial charge in [-0.15, -0.1) is 0 Å². The second kappa shape index (κ2) is 9.22. The summed E-state index contributed by atoms with van der Waals surface area (Å²) in [5.41, 5.74) is 0.667. The zero-order valence-electron chi connectivity index (χ0n) is 18.1. The molecule has 0 spiro atoms. The molecule has 0 N–H and O–H groups in total. The van der Waals surface area contributed by atoms with E-state index in [-0.39, 0.29) is 22.2 Å². The number of rotatable bonds is 6. The van der Waals surface area contributed by atoms with Crippen molar-refractivity contribution in [1.82, 2.24) is 4.98 Å². The number of carbonyl (C=O) groups is 4. The van der Waals surface area contributed by atoms with Gasteiger partial charge in [0.05, 0.1) is 18.3 Å². The summed E-state index contributed by atoms with van der Waals surface area (Å²) in [5.74, 6) is -5.85. The lowest BCUT2D eigenvalue weighted by atomic mass is 9.86. The summed E-state index contributed by atoms with van der Waals surface area (Å²) in [6, 6.07) is 8.52. The van der Waals surface area contributed by atoms with Crippen molar-refractivity contribution in [3.05, 3.63) is 81.9 Å². The molecule has 0 aliphatic carbocycles. The molecule has 2 atom stereocenters. The van der Waals surface area contributed by atoms with Crippen molar-refractivity contribution >= 4 is 39.9 Å². The molecule has 0 saturated carbocycles. The molecule has 174 valence electrons. The van der Waals surface area contributed by atoms with Gasteiger partial charge in [0.25, 0.3) is 5.91 Å². The lowest BCUT2D eigenvalue weighted by Crippen LogP contribution is -2.30. The predicted molar refractivity (Wildman–Crippen MR) is 119 cm³/mol. The van der Waals surface area contributed by atoms with Crippen molar-refractivity contribution in [2.75, 3.05) is 11.5 Å². The SMILES string of the molecule is CCOC(=O)c1sc(N2C(=O)C(=O)C(C(=O)c3ccc(F)cc3)C2c2ccc(F)cc2)nc1C. The Morgan fingerprint density at radius 1 is 1.03 bits per heavy atom. The van der Waals surface area contributed by atoms with Crippen molar-refractivity contribution in [3.63, 3.8) is 0 Å². The van der Waals surface area contributed by atoms with E-state index in [0.717, 1.165) is 40.5 Å². The number of carbonyl (C=O) groups excluding carboxylic acids is 4. The van der Waals surface area contributed by atoms with Gasteiger partial charge in [0.2, 0.25) is 5.78 Å². The monoisotopic (exact) mass is 484 g/mol. The highest BCUT2D eigenvalue weighted by atomic mass is 32.1. The van der Waals surface area contributed by atoms with E-state index in [4.69, 9.17) is 4.74 Å². The van der Waals surface area contributed by atoms with Crippen molar-refractivity contribution in [3.8, 4) is 0 Å². The fourth-order valence-electron chi connectivity index (χ4n) is 3.81. The second-order valence-corrected chi connectivity index (χ2v) is 8.49. The van der Waals surface area contributed by atoms with Gasteiger partial charge in [0.1, 0.15) is 22.4 Å². The van der Waals surface area contributed by atoms with E-state index in [1.807, 2.05) is 0 Å². The molecule has 3 aromatic rings. The van der Waals surface area contributed by atoms with Crippen LogP contribution in [-0.2, 0) is 14.3 Å². The number of amides is 1. The molecule has 4 rings (SSSR count). The molecule has 1 fully saturated rings. The molecule has 2 aromatic carbocycles. The molecule has 1 aliphatic heterocycles. The van der Waals surface area contributed by atoms with E-state index in [0.29, 0.717) is 11.3 Å². The van der Waals surface area contributed by atoms with Gasteiger partial charge in [-0.25, -0.2) is 18.6 Å². The lowest BCUT2D eigenvalue weighted by Gasteiger charge is -2.25. The lowest BCUT2D eigenvalue weighted by molar-refractivity contribution is -0.135. The molecule has 2 unspecified atom stereocenters. The molecular weight excluding hydrogens is 466 g/mol. The summed E-state index contributed by atoms with van der Waals surface area (Å²) in [6.07, 6.45) is 0. The van der Waals surface area contributed by atoms with E-state index in [1.54, 1.807) is 13.8 Å². The van der Waals surface area contributed by atoms with Crippen LogP contribution in [0.3, 0.4) is 0 Å². The maximum Gasteiger partial charge on any atom is 0.350 e. The van der Waals surface area contributed by atoms with Crippen LogP contribution < -0.4 is 4.90 Å². The van der Waals surface area contributed by atoms with Crippen LogP contribution in [0.25, 0.3) is 0 Å². The minimum Gasteiger partial charge on any atom is -0.462 e. The molecule has 2 heterocycles. The van der Waals surface area contributed by atoms with Gasteiger partial charge in [0, 0.05) is 5.56 Å². The highest BCUT2D eigenvalue weighted by Gasteiger charge is 2.53. The van der Waals surface area contributed by atoms with Gasteiger partial charge in [-0.3, -0.25) is 19.3 Å². The van der Waals surface area contributed by atoms with Crippen molar-refractivity contribution in [1.29, 1.82) is 0 Å². The van der Waals surface area contributed by atoms with E-state index in [9.17, 15) is 28.0 Å². The van der Waals surface area contributed by atoms with Crippen molar-refractivity contribution < 1.29 is 32.7 Å². The molecule has 34 heavy (non-hydrogen) atoms. The first-order chi connectivity index (χ1) is 16.2. The zero-order chi connectivity index (χ0) is 24.6. The standard InChI is InChI=1S/C24H18F2N2O5S/c1-3-33-23(32)21-12(2)27-24(34-21)28-18(13-4-8-15(25)9-5-13)17(20(30)22(28)31)19(29)14-6-10-16(26)11-7-14/h4-11,17-18H,3H2,1-2H3. The first kappa shape index (κ1) is 23.4. The van der Waals surface area contributed by atoms with Gasteiger partial charge in [-0.05, 0) is 55.8 Å². The van der Waals surface area contributed by atoms with Gasteiger partial charge in [-0.1, -0.05) is 23.5 Å². The first-order valence-electron chi connectivity index (χ1n) is 10.3. The van der Waals surface area contributed by atoms with Gasteiger partial charge < -0.3 is 4.74 Å². The number of anilines is 1. The highest BCUT2D eigenvalue weighted by Crippen LogP contribution is 2.43. The fraction of sp³-hybridized carbons (Fsp3) is 0.208. The summed E-state index contributed by atoms with van der Waals surface area (Å²) in [5, 5.41) is 0.0302. The van der Waals surface area contributed by atoms with Crippen molar-refractivity contribution in [2.45, 2.75) is 19.9 Å². The molecule has 1 aromatic heterocycles. The minimum absolute atomic E-state index is 0.0302. The topological polar surface area (TPSA) is 93.6 Å². The summed E-state index contributed by atoms with van der Waals surface area (Å²) < 4.78 is 32.0. The zero-order valence-corrected chi connectivity index (χ0v) is 18.9. The molecule has 1 amide bonds. The molecule has 7 nitrogen and oxygen atoms in total. The first-order valence-corrected chi connectivity index (χ1v) is 11.1. The number of benzene rings is 2. The van der Waals surface area contributed by atoms with Crippen LogP contribution in [-0.4, -0.2) is 35.0 Å². The summed E-state index contributed by atoms with van der Waals surface area (Å²) in [4.78, 5) is 57.3. The number of nitrogens with zero attached hydrogens (tertiary/aromatic N) is 2. The van der Waals surface area contributed by atoms with Crippen LogP contribution in [0.15, 0.2) is 48.5 Å². The smallest absolute Gasteiger partial charge is 0.350 e. The van der Waals surface area contributed by atoms with Crippen LogP contribution in [0.5, 0.6) is 0 Å². The maximum absolute atomic E-state index is 13.6. The third-order valence-electron chi connectivity index (χ3n) is 5.38. The third kappa shape index (κ3) is 4.12. The quantitative estimate of drug-likeness (QED) is 0.227. The predicted octanol–water partition coefficient (Wildman–Crippen LogP) is 4.06. The Bertz CT molecular complexity index is 1290. The largest absolute Gasteiger partial charge is 0.462 e. The number of ketones is 2. The number of ether oxygens (including phenoxy) is 1. The average molecular weight is 484 g/mol. The van der Waals surface area contributed by atoms with Crippen LogP contribution in [0, 0.1) is 24.5 Å². The summed E-state index contributed by atoms with van der Waals surface area (Å²) >= 11 is 0.856. The third-order valence-corrected chi connectivity index (χ3v) is 6.52. The Labute approximate surface area is 197 Å². The Balaban J connectivity index is 1.83. The average Bonchev–Trinajstić information content (AvgIpc) is 3.31. The van der Waals surface area contributed by atoms with Crippen LogP contribution in [0.2, 0.25) is 0 Å².